The molecule has 5 nitrogen and oxygen atoms in total. The second-order valence-electron chi connectivity index (χ2n) is 4.48. The van der Waals surface area contributed by atoms with E-state index in [1.54, 1.807) is 32.4 Å². The van der Waals surface area contributed by atoms with Crippen molar-refractivity contribution in [1.29, 1.82) is 0 Å². The maximum Gasteiger partial charge on any atom is 0.328 e. The predicted octanol–water partition coefficient (Wildman–Crippen LogP) is 3.62. The lowest BCUT2D eigenvalue weighted by atomic mass is 10.2. The molecule has 0 aliphatic rings. The number of carboxylic acids is 1. The Morgan fingerprint density at radius 2 is 1.86 bits per heavy atom. The molecule has 1 N–H and O–H groups in total. The third-order valence-corrected chi connectivity index (χ3v) is 2.36. The van der Waals surface area contributed by atoms with Crippen LogP contribution < -0.4 is 9.47 Å². The van der Waals surface area contributed by atoms with Gasteiger partial charge >= 0.3 is 5.97 Å². The van der Waals surface area contributed by atoms with E-state index >= 15 is 0 Å². The van der Waals surface area contributed by atoms with E-state index in [-0.39, 0.29) is 0 Å². The molecule has 5 heteroatoms. The number of methoxy groups -OCH3 is 2. The third kappa shape index (κ3) is 9.02. The van der Waals surface area contributed by atoms with Gasteiger partial charge in [-0.2, -0.15) is 0 Å². The summed E-state index contributed by atoms with van der Waals surface area (Å²) in [6, 6.07) is 5.25. The van der Waals surface area contributed by atoms with Crippen LogP contribution in [0.3, 0.4) is 0 Å². The van der Waals surface area contributed by atoms with Crippen molar-refractivity contribution in [1.82, 2.24) is 0 Å². The van der Waals surface area contributed by atoms with Gasteiger partial charge in [-0.1, -0.05) is 26.3 Å². The molecule has 0 radical (unpaired) electrons. The van der Waals surface area contributed by atoms with Crippen molar-refractivity contribution in [2.45, 2.75) is 26.7 Å². The van der Waals surface area contributed by atoms with Gasteiger partial charge in [0, 0.05) is 26.2 Å². The first-order valence-corrected chi connectivity index (χ1v) is 7.29. The van der Waals surface area contributed by atoms with Crippen molar-refractivity contribution >= 4 is 12.0 Å². The SMILES string of the molecule is CCC.COCCCOc1cc(/C=C/C(=O)O)ccc1OC. The fourth-order valence-corrected chi connectivity index (χ4v) is 1.46. The lowest BCUT2D eigenvalue weighted by Gasteiger charge is -2.11. The Labute approximate surface area is 132 Å². The minimum Gasteiger partial charge on any atom is -0.493 e. The van der Waals surface area contributed by atoms with Crippen LogP contribution in [0.1, 0.15) is 32.3 Å². The molecule has 0 aliphatic heterocycles. The van der Waals surface area contributed by atoms with Crippen molar-refractivity contribution in [2.24, 2.45) is 0 Å². The van der Waals surface area contributed by atoms with Gasteiger partial charge in [0.2, 0.25) is 0 Å². The Kier molecular flexibility index (Phi) is 11.5. The summed E-state index contributed by atoms with van der Waals surface area (Å²) in [5.74, 6) is 0.217. The highest BCUT2D eigenvalue weighted by atomic mass is 16.5. The highest BCUT2D eigenvalue weighted by molar-refractivity contribution is 5.85. The molecular weight excluding hydrogens is 284 g/mol. The van der Waals surface area contributed by atoms with Gasteiger partial charge in [-0.15, -0.1) is 0 Å². The van der Waals surface area contributed by atoms with Gasteiger partial charge in [-0.05, 0) is 23.8 Å². The molecule has 0 bridgehead atoms. The summed E-state index contributed by atoms with van der Waals surface area (Å²) in [6.45, 7) is 5.39. The zero-order valence-electron chi connectivity index (χ0n) is 13.8. The first kappa shape index (κ1) is 20.0. The van der Waals surface area contributed by atoms with Crippen LogP contribution in [0.5, 0.6) is 11.5 Å². The molecule has 22 heavy (non-hydrogen) atoms. The second kappa shape index (κ2) is 12.7. The number of rotatable bonds is 8. The van der Waals surface area contributed by atoms with Gasteiger partial charge in [-0.25, -0.2) is 4.79 Å². The number of carbonyl (C=O) groups is 1. The molecule has 0 aliphatic carbocycles. The maximum absolute atomic E-state index is 10.5. The van der Waals surface area contributed by atoms with E-state index in [4.69, 9.17) is 19.3 Å². The molecule has 0 unspecified atom stereocenters. The Hall–Kier alpha value is -2.01. The first-order valence-electron chi connectivity index (χ1n) is 7.29. The molecule has 0 heterocycles. The van der Waals surface area contributed by atoms with Gasteiger partial charge in [0.05, 0.1) is 13.7 Å². The van der Waals surface area contributed by atoms with Crippen LogP contribution in [0.2, 0.25) is 0 Å². The lowest BCUT2D eigenvalue weighted by Crippen LogP contribution is -2.02. The smallest absolute Gasteiger partial charge is 0.328 e. The molecule has 1 aromatic carbocycles. The summed E-state index contributed by atoms with van der Waals surface area (Å²) in [5, 5.41) is 8.59. The van der Waals surface area contributed by atoms with E-state index in [0.29, 0.717) is 24.7 Å². The molecule has 0 aromatic heterocycles. The topological polar surface area (TPSA) is 65.0 Å². The number of carboxylic acid groups (broad SMARTS) is 1. The fourth-order valence-electron chi connectivity index (χ4n) is 1.46. The van der Waals surface area contributed by atoms with Crippen LogP contribution >= 0.6 is 0 Å². The van der Waals surface area contributed by atoms with Crippen molar-refractivity contribution in [3.05, 3.63) is 29.8 Å². The van der Waals surface area contributed by atoms with E-state index in [1.165, 1.54) is 12.5 Å². The largest absolute Gasteiger partial charge is 0.493 e. The average molecular weight is 310 g/mol. The summed E-state index contributed by atoms with van der Waals surface area (Å²) in [6.07, 6.45) is 4.61. The Balaban J connectivity index is 0.00000135. The standard InChI is InChI=1S/C14H18O5.C3H8/c1-17-8-3-9-19-13-10-11(5-7-14(15)16)4-6-12(13)18-2;1-3-2/h4-7,10H,3,8-9H2,1-2H3,(H,15,16);3H2,1-2H3/b7-5+;. The third-order valence-electron chi connectivity index (χ3n) is 2.36. The average Bonchev–Trinajstić information content (AvgIpc) is 2.50. The van der Waals surface area contributed by atoms with E-state index in [1.807, 2.05) is 0 Å². The van der Waals surface area contributed by atoms with Gasteiger partial charge in [0.25, 0.3) is 0 Å². The van der Waals surface area contributed by atoms with E-state index in [2.05, 4.69) is 13.8 Å². The van der Waals surface area contributed by atoms with Crippen molar-refractivity contribution < 1.29 is 24.1 Å². The first-order chi connectivity index (χ1) is 10.6. The number of hydrogen-bond donors (Lipinski definition) is 1. The molecule has 1 rings (SSSR count). The molecule has 0 fully saturated rings. The van der Waals surface area contributed by atoms with Gasteiger partial charge < -0.3 is 19.3 Å². The number of benzene rings is 1. The zero-order chi connectivity index (χ0) is 16.8. The Morgan fingerprint density at radius 1 is 1.18 bits per heavy atom. The summed E-state index contributed by atoms with van der Waals surface area (Å²) >= 11 is 0. The lowest BCUT2D eigenvalue weighted by molar-refractivity contribution is -0.131. The zero-order valence-corrected chi connectivity index (χ0v) is 13.8. The predicted molar refractivity (Wildman–Crippen MR) is 87.6 cm³/mol. The van der Waals surface area contributed by atoms with Crippen LogP contribution in [0.25, 0.3) is 6.08 Å². The van der Waals surface area contributed by atoms with Crippen LogP contribution in [0.4, 0.5) is 0 Å². The van der Waals surface area contributed by atoms with Gasteiger partial charge in [0.1, 0.15) is 0 Å². The second-order valence-corrected chi connectivity index (χ2v) is 4.48. The maximum atomic E-state index is 10.5. The summed E-state index contributed by atoms with van der Waals surface area (Å²) in [5.41, 5.74) is 0.741. The normalized spacial score (nSPS) is 10.0. The molecule has 1 aromatic rings. The van der Waals surface area contributed by atoms with Crippen LogP contribution in [-0.2, 0) is 9.53 Å². The van der Waals surface area contributed by atoms with Crippen molar-refractivity contribution in [3.63, 3.8) is 0 Å². The summed E-state index contributed by atoms with van der Waals surface area (Å²) in [4.78, 5) is 10.5. The molecule has 0 saturated heterocycles. The highest BCUT2D eigenvalue weighted by Crippen LogP contribution is 2.28. The van der Waals surface area contributed by atoms with E-state index < -0.39 is 5.97 Å². The quantitative estimate of drug-likeness (QED) is 0.587. The van der Waals surface area contributed by atoms with Crippen molar-refractivity contribution in [3.8, 4) is 11.5 Å². The molecular formula is C17H26O5. The Bertz CT molecular complexity index is 454. The van der Waals surface area contributed by atoms with Gasteiger partial charge in [-0.3, -0.25) is 0 Å². The van der Waals surface area contributed by atoms with E-state index in [9.17, 15) is 4.79 Å². The van der Waals surface area contributed by atoms with E-state index in [0.717, 1.165) is 18.1 Å². The molecule has 0 amide bonds. The number of aliphatic carboxylic acids is 1. The number of hydrogen-bond acceptors (Lipinski definition) is 4. The Morgan fingerprint density at radius 3 is 2.41 bits per heavy atom. The van der Waals surface area contributed by atoms with Crippen molar-refractivity contribution in [2.75, 3.05) is 27.4 Å². The molecule has 0 saturated carbocycles. The summed E-state index contributed by atoms with van der Waals surface area (Å²) < 4.78 is 15.7. The fraction of sp³-hybridized carbons (Fsp3) is 0.471. The summed E-state index contributed by atoms with van der Waals surface area (Å²) in [7, 11) is 3.20. The number of ether oxygens (including phenoxy) is 3. The van der Waals surface area contributed by atoms with Crippen LogP contribution in [0.15, 0.2) is 24.3 Å². The van der Waals surface area contributed by atoms with Crippen LogP contribution in [0, 0.1) is 0 Å². The van der Waals surface area contributed by atoms with Gasteiger partial charge in [0.15, 0.2) is 11.5 Å². The monoisotopic (exact) mass is 310 g/mol. The molecule has 0 spiro atoms. The minimum absolute atomic E-state index is 0.510. The molecule has 0 atom stereocenters. The minimum atomic E-state index is -0.988. The highest BCUT2D eigenvalue weighted by Gasteiger charge is 2.04. The van der Waals surface area contributed by atoms with Crippen LogP contribution in [-0.4, -0.2) is 38.5 Å². The molecule has 124 valence electrons.